The number of aryl methyl sites for hydroxylation is 1. The van der Waals surface area contributed by atoms with Gasteiger partial charge in [-0.1, -0.05) is 36.4 Å². The third-order valence-electron chi connectivity index (χ3n) is 6.34. The predicted octanol–water partition coefficient (Wildman–Crippen LogP) is 3.11. The number of guanidine groups is 1. The Hall–Kier alpha value is -5.39. The molecule has 0 saturated carbocycles. The van der Waals surface area contributed by atoms with Crippen molar-refractivity contribution in [3.63, 3.8) is 0 Å². The van der Waals surface area contributed by atoms with Gasteiger partial charge < -0.3 is 35.6 Å². The van der Waals surface area contributed by atoms with Gasteiger partial charge in [0.05, 0.1) is 24.2 Å². The highest BCUT2D eigenvalue weighted by Gasteiger charge is 2.35. The highest BCUT2D eigenvalue weighted by atomic mass is 16.6. The SMILES string of the molecule is N=C(N)Nc1ccc2c(c1)CCCOc1c(cccc1C(=O)N(Cc1ccccc1)C(CC(=O)O)C(=O)O)OC2=O. The van der Waals surface area contributed by atoms with Crippen LogP contribution in [0, 0.1) is 5.41 Å². The van der Waals surface area contributed by atoms with Crippen LogP contribution in [0.15, 0.2) is 66.7 Å². The van der Waals surface area contributed by atoms with Crippen LogP contribution in [0.2, 0.25) is 0 Å². The van der Waals surface area contributed by atoms with Gasteiger partial charge in [-0.3, -0.25) is 15.0 Å². The highest BCUT2D eigenvalue weighted by molar-refractivity contribution is 6.01. The van der Waals surface area contributed by atoms with Gasteiger partial charge in [-0.05, 0) is 54.3 Å². The molecule has 0 saturated heterocycles. The van der Waals surface area contributed by atoms with E-state index in [2.05, 4.69) is 5.32 Å². The molecule has 1 amide bonds. The van der Waals surface area contributed by atoms with Crippen molar-refractivity contribution >= 4 is 35.5 Å². The number of para-hydroxylation sites is 1. The first-order valence-electron chi connectivity index (χ1n) is 12.7. The molecule has 12 heteroatoms. The fourth-order valence-corrected chi connectivity index (χ4v) is 4.49. The Morgan fingerprint density at radius 1 is 1.05 bits per heavy atom. The van der Waals surface area contributed by atoms with Crippen LogP contribution in [0.5, 0.6) is 11.5 Å². The van der Waals surface area contributed by atoms with Crippen LogP contribution < -0.4 is 20.5 Å². The van der Waals surface area contributed by atoms with Crippen LogP contribution in [-0.4, -0.2) is 57.5 Å². The van der Waals surface area contributed by atoms with Crippen LogP contribution in [0.25, 0.3) is 0 Å². The number of anilines is 1. The number of ether oxygens (including phenoxy) is 2. The van der Waals surface area contributed by atoms with Gasteiger partial charge in [0, 0.05) is 12.2 Å². The summed E-state index contributed by atoms with van der Waals surface area (Å²) in [5.74, 6) is -4.73. The molecule has 0 radical (unpaired) electrons. The molecule has 3 aromatic rings. The van der Waals surface area contributed by atoms with E-state index < -0.39 is 36.3 Å². The molecule has 1 aliphatic heterocycles. The average Bonchev–Trinajstić information content (AvgIpc) is 2.93. The van der Waals surface area contributed by atoms with Gasteiger partial charge in [0.1, 0.15) is 6.04 Å². The normalized spacial score (nSPS) is 13.3. The maximum absolute atomic E-state index is 13.9. The number of nitrogens with one attached hydrogen (secondary N) is 2. The summed E-state index contributed by atoms with van der Waals surface area (Å²) in [6.45, 7) is -0.0633. The van der Waals surface area contributed by atoms with E-state index in [4.69, 9.17) is 20.6 Å². The van der Waals surface area contributed by atoms with Gasteiger partial charge in [-0.2, -0.15) is 0 Å². The lowest BCUT2D eigenvalue weighted by atomic mass is 10.0. The number of carbonyl (C=O) groups excluding carboxylic acids is 2. The molecule has 1 aliphatic rings. The van der Waals surface area contributed by atoms with Crippen LogP contribution >= 0.6 is 0 Å². The number of hydrogen-bond acceptors (Lipinski definition) is 7. The number of carboxylic acid groups (broad SMARTS) is 2. The Morgan fingerprint density at radius 2 is 1.80 bits per heavy atom. The van der Waals surface area contributed by atoms with E-state index in [0.29, 0.717) is 29.7 Å². The summed E-state index contributed by atoms with van der Waals surface area (Å²) in [5.41, 5.74) is 7.38. The lowest BCUT2D eigenvalue weighted by molar-refractivity contribution is -0.149. The number of carboxylic acids is 2. The molecule has 0 aliphatic carbocycles. The van der Waals surface area contributed by atoms with Crippen molar-refractivity contribution in [3.8, 4) is 11.5 Å². The zero-order valence-electron chi connectivity index (χ0n) is 21.8. The zero-order valence-corrected chi connectivity index (χ0v) is 21.8. The molecule has 0 fully saturated rings. The fraction of sp³-hybridized carbons (Fsp3) is 0.207. The highest BCUT2D eigenvalue weighted by Crippen LogP contribution is 2.35. The van der Waals surface area contributed by atoms with E-state index in [1.165, 1.54) is 18.2 Å². The first-order valence-corrected chi connectivity index (χ1v) is 12.7. The largest absolute Gasteiger partial charge is 0.489 e. The van der Waals surface area contributed by atoms with E-state index in [-0.39, 0.29) is 41.7 Å². The molecule has 12 nitrogen and oxygen atoms in total. The quantitative estimate of drug-likeness (QED) is 0.118. The molecule has 0 aromatic heterocycles. The van der Waals surface area contributed by atoms with Crippen molar-refractivity contribution in [2.75, 3.05) is 11.9 Å². The van der Waals surface area contributed by atoms with E-state index in [0.717, 1.165) is 4.90 Å². The summed E-state index contributed by atoms with van der Waals surface area (Å²) in [4.78, 5) is 51.7. The van der Waals surface area contributed by atoms with Gasteiger partial charge in [-0.15, -0.1) is 0 Å². The molecule has 1 unspecified atom stereocenters. The number of nitrogens with two attached hydrogens (primary N) is 1. The molecule has 3 aromatic carbocycles. The predicted molar refractivity (Wildman–Crippen MR) is 147 cm³/mol. The smallest absolute Gasteiger partial charge is 0.343 e. The van der Waals surface area contributed by atoms with Gasteiger partial charge in [0.25, 0.3) is 5.91 Å². The monoisotopic (exact) mass is 560 g/mol. The van der Waals surface area contributed by atoms with Crippen molar-refractivity contribution < 1.29 is 38.9 Å². The average molecular weight is 561 g/mol. The number of rotatable bonds is 8. The number of esters is 1. The lowest BCUT2D eigenvalue weighted by Crippen LogP contribution is -2.46. The Bertz CT molecular complexity index is 1490. The van der Waals surface area contributed by atoms with E-state index in [9.17, 15) is 29.4 Å². The maximum atomic E-state index is 13.9. The number of amides is 1. The third kappa shape index (κ3) is 6.98. The minimum absolute atomic E-state index is 0.0515. The summed E-state index contributed by atoms with van der Waals surface area (Å²) >= 11 is 0. The molecule has 1 heterocycles. The van der Waals surface area contributed by atoms with Crippen molar-refractivity contribution in [2.24, 2.45) is 5.73 Å². The van der Waals surface area contributed by atoms with E-state index in [1.54, 1.807) is 48.5 Å². The summed E-state index contributed by atoms with van der Waals surface area (Å²) in [7, 11) is 0. The Labute approximate surface area is 234 Å². The molecular formula is C29H28N4O8. The van der Waals surface area contributed by atoms with Crippen LogP contribution in [0.4, 0.5) is 5.69 Å². The second kappa shape index (κ2) is 12.6. The number of nitrogens with zero attached hydrogens (tertiary/aromatic N) is 1. The van der Waals surface area contributed by atoms with Crippen molar-refractivity contribution in [3.05, 3.63) is 89.0 Å². The van der Waals surface area contributed by atoms with Gasteiger partial charge in [-0.25, -0.2) is 9.59 Å². The number of hydrogen-bond donors (Lipinski definition) is 5. The second-order valence-electron chi connectivity index (χ2n) is 9.26. The summed E-state index contributed by atoms with van der Waals surface area (Å²) in [6, 6.07) is 16.0. The summed E-state index contributed by atoms with van der Waals surface area (Å²) in [5, 5.41) is 29.4. The second-order valence-corrected chi connectivity index (χ2v) is 9.26. The lowest BCUT2D eigenvalue weighted by Gasteiger charge is -2.29. The third-order valence-corrected chi connectivity index (χ3v) is 6.34. The first-order chi connectivity index (χ1) is 19.6. The van der Waals surface area contributed by atoms with E-state index in [1.807, 2.05) is 0 Å². The number of fused-ring (bicyclic) bond motifs is 2. The van der Waals surface area contributed by atoms with E-state index >= 15 is 0 Å². The van der Waals surface area contributed by atoms with Gasteiger partial charge in [0.15, 0.2) is 17.5 Å². The minimum Gasteiger partial charge on any atom is -0.489 e. The molecule has 4 rings (SSSR count). The Kier molecular flexibility index (Phi) is 8.82. The standard InChI is InChI=1S/C29H28N4O8/c30-29(31)32-19-11-12-20-18(14-19)8-5-13-40-25-21(9-4-10-23(25)41-28(20)39)26(36)33(16-17-6-2-1-3-7-17)22(27(37)38)15-24(34)35/h1-4,6-7,9-12,14,22H,5,8,13,15-16H2,(H,34,35)(H,37,38)(H4,30,31,32). The molecule has 41 heavy (non-hydrogen) atoms. The van der Waals surface area contributed by atoms with Gasteiger partial charge >= 0.3 is 17.9 Å². The Morgan fingerprint density at radius 3 is 2.49 bits per heavy atom. The van der Waals surface area contributed by atoms with Crippen LogP contribution in [0.3, 0.4) is 0 Å². The number of carbonyl (C=O) groups is 4. The first kappa shape index (κ1) is 28.6. The molecule has 212 valence electrons. The topological polar surface area (TPSA) is 192 Å². The van der Waals surface area contributed by atoms with Crippen molar-refractivity contribution in [1.29, 1.82) is 5.41 Å². The van der Waals surface area contributed by atoms with Crippen LogP contribution in [-0.2, 0) is 22.6 Å². The summed E-state index contributed by atoms with van der Waals surface area (Å²) < 4.78 is 11.6. The Balaban J connectivity index is 1.72. The maximum Gasteiger partial charge on any atom is 0.343 e. The number of aliphatic carboxylic acids is 2. The van der Waals surface area contributed by atoms with Crippen LogP contribution in [0.1, 0.15) is 44.7 Å². The van der Waals surface area contributed by atoms with Crippen molar-refractivity contribution in [1.82, 2.24) is 4.90 Å². The minimum atomic E-state index is -1.68. The molecular weight excluding hydrogens is 532 g/mol. The molecule has 0 bridgehead atoms. The summed E-state index contributed by atoms with van der Waals surface area (Å²) in [6.07, 6.45) is 0.0232. The molecule has 1 atom stereocenters. The number of benzene rings is 3. The van der Waals surface area contributed by atoms with Crippen molar-refractivity contribution in [2.45, 2.75) is 31.8 Å². The molecule has 6 N–H and O–H groups in total. The molecule has 0 spiro atoms. The fourth-order valence-electron chi connectivity index (χ4n) is 4.49. The zero-order chi connectivity index (χ0) is 29.5. The van der Waals surface area contributed by atoms with Gasteiger partial charge in [0.2, 0.25) is 0 Å².